The standard InChI is InChI=1S/C24H17N5/c1-24(14-26)15-29-13-20(8-9-23(29)28-24)17-4-6-18(7-5-17)22-11-19-3-2-16(12-25)10-21(19)27-22/h2-11,13,27H,15H2,1H3. The Morgan fingerprint density at radius 2 is 1.83 bits per heavy atom. The van der Waals surface area contributed by atoms with E-state index in [0.29, 0.717) is 12.1 Å². The summed E-state index contributed by atoms with van der Waals surface area (Å²) < 4.78 is 0. The minimum absolute atomic E-state index is 0.574. The zero-order chi connectivity index (χ0) is 20.0. The van der Waals surface area contributed by atoms with E-state index in [0.717, 1.165) is 39.1 Å². The Hall–Kier alpha value is -4.09. The SMILES string of the molecule is CC1(C#N)CN2C=C(c3ccc(-c4cc5ccc(C#N)cc5[nH]4)cc3)C=CC2=N1. The van der Waals surface area contributed by atoms with Crippen LogP contribution in [-0.4, -0.2) is 27.8 Å². The van der Waals surface area contributed by atoms with Gasteiger partial charge in [0.15, 0.2) is 5.54 Å². The summed E-state index contributed by atoms with van der Waals surface area (Å²) in [4.78, 5) is 9.94. The number of fused-ring (bicyclic) bond motifs is 2. The van der Waals surface area contributed by atoms with Crippen LogP contribution in [0.5, 0.6) is 0 Å². The van der Waals surface area contributed by atoms with Crippen LogP contribution in [0.4, 0.5) is 0 Å². The fourth-order valence-corrected chi connectivity index (χ4v) is 3.81. The Bertz CT molecular complexity index is 1310. The number of aromatic amines is 1. The first-order chi connectivity index (χ1) is 14.1. The zero-order valence-electron chi connectivity index (χ0n) is 15.8. The van der Waals surface area contributed by atoms with Crippen LogP contribution >= 0.6 is 0 Å². The fourth-order valence-electron chi connectivity index (χ4n) is 3.81. The smallest absolute Gasteiger partial charge is 0.164 e. The molecule has 29 heavy (non-hydrogen) atoms. The molecule has 5 rings (SSSR count). The maximum absolute atomic E-state index is 9.33. The summed E-state index contributed by atoms with van der Waals surface area (Å²) in [5.74, 6) is 0.837. The minimum Gasteiger partial charge on any atom is -0.354 e. The maximum atomic E-state index is 9.33. The van der Waals surface area contributed by atoms with Crippen LogP contribution in [0.15, 0.2) is 71.9 Å². The van der Waals surface area contributed by atoms with E-state index in [2.05, 4.69) is 58.6 Å². The molecule has 0 radical (unpaired) electrons. The molecule has 0 aliphatic carbocycles. The molecule has 1 atom stereocenters. The second-order valence-electron chi connectivity index (χ2n) is 7.58. The topological polar surface area (TPSA) is 79.0 Å². The van der Waals surface area contributed by atoms with E-state index >= 15 is 0 Å². The number of H-pyrrole nitrogens is 1. The number of aliphatic imine (C=N–C) groups is 1. The van der Waals surface area contributed by atoms with Crippen LogP contribution in [0.1, 0.15) is 18.1 Å². The van der Waals surface area contributed by atoms with Crippen molar-refractivity contribution in [3.8, 4) is 23.4 Å². The molecule has 3 heterocycles. The van der Waals surface area contributed by atoms with Gasteiger partial charge in [-0.2, -0.15) is 10.5 Å². The highest BCUT2D eigenvalue weighted by Gasteiger charge is 2.34. The van der Waals surface area contributed by atoms with Crippen LogP contribution in [0.25, 0.3) is 27.7 Å². The number of benzene rings is 2. The molecule has 3 aromatic rings. The second-order valence-corrected chi connectivity index (χ2v) is 7.58. The van der Waals surface area contributed by atoms with Gasteiger partial charge in [0.2, 0.25) is 0 Å². The lowest BCUT2D eigenvalue weighted by molar-refractivity contribution is 0.497. The molecule has 5 heteroatoms. The summed E-state index contributed by atoms with van der Waals surface area (Å²) in [7, 11) is 0. The number of hydrogen-bond donors (Lipinski definition) is 1. The summed E-state index contributed by atoms with van der Waals surface area (Å²) in [5, 5.41) is 19.5. The molecule has 1 N–H and O–H groups in total. The molecule has 0 saturated carbocycles. The van der Waals surface area contributed by atoms with Crippen molar-refractivity contribution in [3.63, 3.8) is 0 Å². The van der Waals surface area contributed by atoms with E-state index in [1.54, 1.807) is 0 Å². The Labute approximate surface area is 168 Å². The van der Waals surface area contributed by atoms with Gasteiger partial charge in [0.1, 0.15) is 5.84 Å². The molecule has 1 unspecified atom stereocenters. The van der Waals surface area contributed by atoms with Crippen molar-refractivity contribution in [2.45, 2.75) is 12.5 Å². The van der Waals surface area contributed by atoms with Crippen molar-refractivity contribution in [2.24, 2.45) is 4.99 Å². The average molecular weight is 375 g/mol. The van der Waals surface area contributed by atoms with E-state index in [-0.39, 0.29) is 0 Å². The van der Waals surface area contributed by atoms with Crippen LogP contribution in [0.3, 0.4) is 0 Å². The molecule has 138 valence electrons. The highest BCUT2D eigenvalue weighted by Crippen LogP contribution is 2.30. The van der Waals surface area contributed by atoms with Gasteiger partial charge in [-0.25, -0.2) is 4.99 Å². The number of aromatic nitrogens is 1. The van der Waals surface area contributed by atoms with Crippen molar-refractivity contribution in [3.05, 3.63) is 78.0 Å². The van der Waals surface area contributed by atoms with Crippen LogP contribution in [0, 0.1) is 22.7 Å². The quantitative estimate of drug-likeness (QED) is 0.710. The summed E-state index contributed by atoms with van der Waals surface area (Å²) in [6.07, 6.45) is 6.07. The van der Waals surface area contributed by atoms with E-state index < -0.39 is 5.54 Å². The van der Waals surface area contributed by atoms with Gasteiger partial charge in [-0.3, -0.25) is 0 Å². The van der Waals surface area contributed by atoms with Crippen molar-refractivity contribution < 1.29 is 0 Å². The lowest BCUT2D eigenvalue weighted by Gasteiger charge is -2.20. The lowest BCUT2D eigenvalue weighted by Crippen LogP contribution is -2.29. The summed E-state index contributed by atoms with van der Waals surface area (Å²) in [5.41, 5.74) is 5.23. The molecule has 0 spiro atoms. The highest BCUT2D eigenvalue weighted by molar-refractivity contribution is 6.01. The monoisotopic (exact) mass is 375 g/mol. The van der Waals surface area contributed by atoms with Gasteiger partial charge in [-0.15, -0.1) is 0 Å². The average Bonchev–Trinajstić information content (AvgIpc) is 3.33. The molecule has 0 fully saturated rings. The third kappa shape index (κ3) is 2.90. The van der Waals surface area contributed by atoms with E-state index in [9.17, 15) is 5.26 Å². The largest absolute Gasteiger partial charge is 0.354 e. The first-order valence-corrected chi connectivity index (χ1v) is 9.38. The Morgan fingerprint density at radius 1 is 1.03 bits per heavy atom. The summed E-state index contributed by atoms with van der Waals surface area (Å²) in [6, 6.07) is 20.6. The molecule has 2 aliphatic rings. The molecule has 2 aromatic carbocycles. The number of nitrogens with one attached hydrogen (secondary N) is 1. The number of nitrogens with zero attached hydrogens (tertiary/aromatic N) is 4. The van der Waals surface area contributed by atoms with Crippen LogP contribution in [-0.2, 0) is 0 Å². The molecular formula is C24H17N5. The number of hydrogen-bond acceptors (Lipinski definition) is 4. The van der Waals surface area contributed by atoms with Gasteiger partial charge in [0.25, 0.3) is 0 Å². The molecule has 2 aliphatic heterocycles. The Kier molecular flexibility index (Phi) is 3.66. The molecule has 1 aromatic heterocycles. The van der Waals surface area contributed by atoms with Gasteiger partial charge >= 0.3 is 0 Å². The number of nitriles is 2. The number of allylic oxidation sites excluding steroid dienone is 2. The maximum Gasteiger partial charge on any atom is 0.164 e. The second kappa shape index (κ2) is 6.22. The first-order valence-electron chi connectivity index (χ1n) is 9.38. The van der Waals surface area contributed by atoms with Gasteiger partial charge in [0, 0.05) is 22.8 Å². The fraction of sp³-hybridized carbons (Fsp3) is 0.125. The lowest BCUT2D eigenvalue weighted by atomic mass is 10.0. The van der Waals surface area contributed by atoms with Crippen LogP contribution < -0.4 is 0 Å². The summed E-state index contributed by atoms with van der Waals surface area (Å²) in [6.45, 7) is 2.43. The zero-order valence-corrected chi connectivity index (χ0v) is 15.8. The van der Waals surface area contributed by atoms with Crippen molar-refractivity contribution in [1.29, 1.82) is 10.5 Å². The first kappa shape index (κ1) is 17.0. The van der Waals surface area contributed by atoms with E-state index in [4.69, 9.17) is 5.26 Å². The van der Waals surface area contributed by atoms with Crippen molar-refractivity contribution in [1.82, 2.24) is 9.88 Å². The van der Waals surface area contributed by atoms with Crippen molar-refractivity contribution in [2.75, 3.05) is 6.54 Å². The summed E-state index contributed by atoms with van der Waals surface area (Å²) >= 11 is 0. The third-order valence-corrected chi connectivity index (χ3v) is 5.36. The predicted octanol–water partition coefficient (Wildman–Crippen LogP) is 4.61. The number of amidine groups is 1. The van der Waals surface area contributed by atoms with E-state index in [1.807, 2.05) is 42.2 Å². The minimum atomic E-state index is -0.684. The van der Waals surface area contributed by atoms with Crippen molar-refractivity contribution >= 4 is 22.3 Å². The van der Waals surface area contributed by atoms with Gasteiger partial charge < -0.3 is 9.88 Å². The molecule has 5 nitrogen and oxygen atoms in total. The highest BCUT2D eigenvalue weighted by atomic mass is 15.3. The van der Waals surface area contributed by atoms with Gasteiger partial charge in [-0.05, 0) is 54.0 Å². The van der Waals surface area contributed by atoms with Gasteiger partial charge in [0.05, 0.1) is 24.2 Å². The molecule has 0 saturated heterocycles. The third-order valence-electron chi connectivity index (χ3n) is 5.36. The molecular weight excluding hydrogens is 358 g/mol. The Balaban J connectivity index is 1.42. The van der Waals surface area contributed by atoms with Crippen LogP contribution in [0.2, 0.25) is 0 Å². The number of rotatable bonds is 2. The Morgan fingerprint density at radius 3 is 2.59 bits per heavy atom. The van der Waals surface area contributed by atoms with Gasteiger partial charge in [-0.1, -0.05) is 30.3 Å². The molecule has 0 amide bonds. The van der Waals surface area contributed by atoms with E-state index in [1.165, 1.54) is 0 Å². The predicted molar refractivity (Wildman–Crippen MR) is 114 cm³/mol. The normalized spacial score (nSPS) is 20.0. The molecule has 0 bridgehead atoms.